The number of aliphatic hydroxyl groups excluding tert-OH is 1. The third kappa shape index (κ3) is 1.78. The fourth-order valence-corrected chi connectivity index (χ4v) is 1.75. The molecule has 0 aliphatic carbocycles. The van der Waals surface area contributed by atoms with Crippen LogP contribution in [0.2, 0.25) is 0 Å². The highest BCUT2D eigenvalue weighted by atomic mass is 32.1. The summed E-state index contributed by atoms with van der Waals surface area (Å²) in [7, 11) is 0. The molecule has 0 saturated carbocycles. The number of aryl methyl sites for hydroxylation is 1. The highest BCUT2D eigenvalue weighted by Crippen LogP contribution is 2.36. The average Bonchev–Trinajstić information content (AvgIpc) is 2.31. The summed E-state index contributed by atoms with van der Waals surface area (Å²) in [5.74, 6) is 0. The highest BCUT2D eigenvalue weighted by Gasteiger charge is 2.40. The molecule has 1 atom stereocenters. The summed E-state index contributed by atoms with van der Waals surface area (Å²) in [5.41, 5.74) is 0.477. The molecule has 1 N–H and O–H groups in total. The van der Waals surface area contributed by atoms with Gasteiger partial charge in [-0.05, 0) is 23.9 Å². The van der Waals surface area contributed by atoms with Crippen molar-refractivity contribution >= 4 is 11.3 Å². The van der Waals surface area contributed by atoms with Gasteiger partial charge in [-0.2, -0.15) is 13.2 Å². The predicted molar refractivity (Wildman–Crippen MR) is 40.1 cm³/mol. The second kappa shape index (κ2) is 3.06. The van der Waals surface area contributed by atoms with E-state index in [2.05, 4.69) is 0 Å². The van der Waals surface area contributed by atoms with Gasteiger partial charge in [0.1, 0.15) is 0 Å². The molecule has 12 heavy (non-hydrogen) atoms. The molecule has 0 aromatic carbocycles. The van der Waals surface area contributed by atoms with E-state index in [1.165, 1.54) is 5.38 Å². The topological polar surface area (TPSA) is 20.2 Å². The molecule has 1 aromatic heterocycles. The van der Waals surface area contributed by atoms with Crippen LogP contribution in [0, 0.1) is 6.92 Å². The number of aliphatic hydroxyl groups is 1. The van der Waals surface area contributed by atoms with Gasteiger partial charge in [-0.3, -0.25) is 0 Å². The maximum Gasteiger partial charge on any atom is 0.419 e. The van der Waals surface area contributed by atoms with Gasteiger partial charge in [0.25, 0.3) is 0 Å². The molecule has 0 fully saturated rings. The van der Waals surface area contributed by atoms with Crippen LogP contribution in [-0.4, -0.2) is 11.3 Å². The lowest BCUT2D eigenvalue weighted by atomic mass is 10.2. The van der Waals surface area contributed by atoms with Crippen molar-refractivity contribution in [3.63, 3.8) is 0 Å². The Balaban J connectivity index is 2.92. The Morgan fingerprint density at radius 2 is 2.08 bits per heavy atom. The summed E-state index contributed by atoms with van der Waals surface area (Å²) in [6.07, 6.45) is -6.90. The van der Waals surface area contributed by atoms with E-state index in [4.69, 9.17) is 5.11 Å². The molecule has 0 aliphatic heterocycles. The lowest BCUT2D eigenvalue weighted by Crippen LogP contribution is -2.19. The lowest BCUT2D eigenvalue weighted by molar-refractivity contribution is -0.205. The summed E-state index contributed by atoms with van der Waals surface area (Å²) in [5, 5.41) is 10.3. The van der Waals surface area contributed by atoms with Gasteiger partial charge in [0.2, 0.25) is 0 Å². The molecule has 1 aromatic rings. The minimum absolute atomic E-state index is 0.0255. The van der Waals surface area contributed by atoms with Crippen molar-refractivity contribution < 1.29 is 18.3 Å². The van der Waals surface area contributed by atoms with Gasteiger partial charge < -0.3 is 5.11 Å². The Kier molecular flexibility index (Phi) is 2.44. The molecule has 1 rings (SSSR count). The standard InChI is InChI=1S/C7H7F3OS/c1-4-2-3-12-5(4)6(11)7(8,9)10/h2-3,6,11H,1H3. The summed E-state index contributed by atoms with van der Waals surface area (Å²) < 4.78 is 35.8. The zero-order chi connectivity index (χ0) is 9.35. The third-order valence-electron chi connectivity index (χ3n) is 1.46. The van der Waals surface area contributed by atoms with E-state index in [1.54, 1.807) is 13.0 Å². The Hall–Kier alpha value is -0.550. The van der Waals surface area contributed by atoms with Gasteiger partial charge in [0.05, 0.1) is 0 Å². The Morgan fingerprint density at radius 3 is 2.42 bits per heavy atom. The van der Waals surface area contributed by atoms with Crippen molar-refractivity contribution in [1.82, 2.24) is 0 Å². The minimum atomic E-state index is -4.56. The number of hydrogen-bond donors (Lipinski definition) is 1. The quantitative estimate of drug-likeness (QED) is 0.732. The molecular weight excluding hydrogens is 189 g/mol. The normalized spacial score (nSPS) is 14.8. The smallest absolute Gasteiger partial charge is 0.379 e. The molecule has 1 heterocycles. The maximum atomic E-state index is 11.9. The van der Waals surface area contributed by atoms with E-state index in [0.29, 0.717) is 5.56 Å². The molecule has 68 valence electrons. The van der Waals surface area contributed by atoms with Crippen LogP contribution in [0.15, 0.2) is 11.4 Å². The second-order valence-electron chi connectivity index (χ2n) is 2.41. The number of rotatable bonds is 1. The van der Waals surface area contributed by atoms with E-state index in [9.17, 15) is 13.2 Å². The van der Waals surface area contributed by atoms with Crippen LogP contribution in [0.3, 0.4) is 0 Å². The summed E-state index contributed by atoms with van der Waals surface area (Å²) >= 11 is 0.915. The van der Waals surface area contributed by atoms with Crippen LogP contribution in [0.1, 0.15) is 16.5 Å². The fourth-order valence-electron chi connectivity index (χ4n) is 0.813. The van der Waals surface area contributed by atoms with Crippen LogP contribution in [0.25, 0.3) is 0 Å². The summed E-state index contributed by atoms with van der Waals surface area (Å²) in [4.78, 5) is -0.0255. The first-order chi connectivity index (χ1) is 5.43. The van der Waals surface area contributed by atoms with Gasteiger partial charge in [-0.25, -0.2) is 0 Å². The molecule has 0 spiro atoms. The third-order valence-corrected chi connectivity index (χ3v) is 2.53. The molecular formula is C7H7F3OS. The van der Waals surface area contributed by atoms with Gasteiger partial charge in [0, 0.05) is 4.88 Å². The van der Waals surface area contributed by atoms with Gasteiger partial charge in [-0.15, -0.1) is 11.3 Å². The Labute approximate surface area is 71.5 Å². The maximum absolute atomic E-state index is 11.9. The average molecular weight is 196 g/mol. The van der Waals surface area contributed by atoms with E-state index >= 15 is 0 Å². The SMILES string of the molecule is Cc1ccsc1C(O)C(F)(F)F. The predicted octanol–water partition coefficient (Wildman–Crippen LogP) is 2.65. The first-order valence-corrected chi connectivity index (χ1v) is 4.09. The van der Waals surface area contributed by atoms with Crippen molar-refractivity contribution in [3.05, 3.63) is 21.9 Å². The van der Waals surface area contributed by atoms with E-state index in [1.807, 2.05) is 0 Å². The van der Waals surface area contributed by atoms with Crippen LogP contribution in [-0.2, 0) is 0 Å². The fraction of sp³-hybridized carbons (Fsp3) is 0.429. The van der Waals surface area contributed by atoms with Crippen molar-refractivity contribution in [2.45, 2.75) is 19.2 Å². The van der Waals surface area contributed by atoms with Crippen molar-refractivity contribution in [1.29, 1.82) is 0 Å². The zero-order valence-corrected chi connectivity index (χ0v) is 7.04. The van der Waals surface area contributed by atoms with Crippen LogP contribution in [0.4, 0.5) is 13.2 Å². The monoisotopic (exact) mass is 196 g/mol. The van der Waals surface area contributed by atoms with E-state index < -0.39 is 12.3 Å². The molecule has 1 unspecified atom stereocenters. The molecule has 0 saturated heterocycles. The largest absolute Gasteiger partial charge is 0.419 e. The minimum Gasteiger partial charge on any atom is -0.379 e. The van der Waals surface area contributed by atoms with Crippen LogP contribution < -0.4 is 0 Å². The summed E-state index contributed by atoms with van der Waals surface area (Å²) in [6.45, 7) is 1.54. The number of alkyl halides is 3. The lowest BCUT2D eigenvalue weighted by Gasteiger charge is -2.13. The summed E-state index contributed by atoms with van der Waals surface area (Å²) in [6, 6.07) is 1.55. The molecule has 5 heteroatoms. The van der Waals surface area contributed by atoms with E-state index in [0.717, 1.165) is 11.3 Å². The van der Waals surface area contributed by atoms with Gasteiger partial charge in [-0.1, -0.05) is 0 Å². The first-order valence-electron chi connectivity index (χ1n) is 3.21. The van der Waals surface area contributed by atoms with Gasteiger partial charge in [0.15, 0.2) is 6.10 Å². The highest BCUT2D eigenvalue weighted by molar-refractivity contribution is 7.10. The molecule has 0 bridgehead atoms. The van der Waals surface area contributed by atoms with Crippen LogP contribution >= 0.6 is 11.3 Å². The Morgan fingerprint density at radius 1 is 1.50 bits per heavy atom. The Bertz CT molecular complexity index is 266. The van der Waals surface area contributed by atoms with E-state index in [-0.39, 0.29) is 4.88 Å². The molecule has 0 aliphatic rings. The molecule has 0 radical (unpaired) electrons. The van der Waals surface area contributed by atoms with Crippen molar-refractivity contribution in [3.8, 4) is 0 Å². The van der Waals surface area contributed by atoms with Crippen LogP contribution in [0.5, 0.6) is 0 Å². The van der Waals surface area contributed by atoms with Gasteiger partial charge >= 0.3 is 6.18 Å². The zero-order valence-electron chi connectivity index (χ0n) is 6.22. The molecule has 0 amide bonds. The first kappa shape index (κ1) is 9.54. The second-order valence-corrected chi connectivity index (χ2v) is 3.36. The number of halogens is 3. The van der Waals surface area contributed by atoms with Crippen molar-refractivity contribution in [2.24, 2.45) is 0 Å². The number of hydrogen-bond acceptors (Lipinski definition) is 2. The van der Waals surface area contributed by atoms with Crippen molar-refractivity contribution in [2.75, 3.05) is 0 Å². The number of thiophene rings is 1. The molecule has 1 nitrogen and oxygen atoms in total.